The van der Waals surface area contributed by atoms with Crippen LogP contribution < -0.4 is 48.2 Å². The van der Waals surface area contributed by atoms with Crippen LogP contribution in [-0.4, -0.2) is 11.6 Å². The lowest BCUT2D eigenvalue weighted by Gasteiger charge is -2.13. The van der Waals surface area contributed by atoms with Gasteiger partial charge in [-0.3, -0.25) is 9.36 Å². The molecule has 3 aromatic carbocycles. The van der Waals surface area contributed by atoms with Gasteiger partial charge in [-0.25, -0.2) is 0 Å². The van der Waals surface area contributed by atoms with E-state index in [1.165, 1.54) is 47.7 Å². The Bertz CT molecular complexity index is 1950. The van der Waals surface area contributed by atoms with Crippen molar-refractivity contribution in [2.24, 2.45) is 0 Å². The molecule has 0 unspecified atom stereocenters. The number of hydrogen-bond acceptors (Lipinski definition) is 5. The van der Waals surface area contributed by atoms with E-state index in [0.29, 0.717) is 6.54 Å². The van der Waals surface area contributed by atoms with Crippen LogP contribution in [-0.2, 0) is 13.1 Å². The zero-order valence-corrected chi connectivity index (χ0v) is 27.2. The van der Waals surface area contributed by atoms with Crippen molar-refractivity contribution in [1.29, 1.82) is 0 Å². The molecule has 0 amide bonds. The molecular weight excluding hydrogens is 653 g/mol. The lowest BCUT2D eigenvalue weighted by molar-refractivity contribution is -0.665. The molecule has 8 heteroatoms. The van der Waals surface area contributed by atoms with Crippen LogP contribution in [0.25, 0.3) is 33.1 Å². The van der Waals surface area contributed by atoms with Crippen LogP contribution in [0.1, 0.15) is 30.0 Å². The molecule has 2 aromatic heterocycles. The third-order valence-corrected chi connectivity index (χ3v) is 10.7. The van der Waals surface area contributed by atoms with Crippen molar-refractivity contribution in [1.82, 2.24) is 4.57 Å². The molecular formula is C31H30IN3OS3. The monoisotopic (exact) mass is 683 g/mol. The highest BCUT2D eigenvalue weighted by molar-refractivity contribution is 8.03. The van der Waals surface area contributed by atoms with E-state index in [1.54, 1.807) is 34.4 Å². The lowest BCUT2D eigenvalue weighted by Crippen LogP contribution is -3.00. The first-order chi connectivity index (χ1) is 18.4. The predicted octanol–water partition coefficient (Wildman–Crippen LogP) is 2.92. The average molecular weight is 684 g/mol. The van der Waals surface area contributed by atoms with Crippen molar-refractivity contribution in [2.45, 2.75) is 45.7 Å². The van der Waals surface area contributed by atoms with E-state index in [2.05, 4.69) is 98.0 Å². The minimum atomic E-state index is 0. The number of anilines is 1. The number of rotatable bonds is 4. The van der Waals surface area contributed by atoms with Gasteiger partial charge in [-0.2, -0.15) is 4.57 Å². The molecule has 4 nitrogen and oxygen atoms in total. The van der Waals surface area contributed by atoms with Crippen molar-refractivity contribution < 1.29 is 28.5 Å². The summed E-state index contributed by atoms with van der Waals surface area (Å²) in [5.41, 5.74) is 5.14. The van der Waals surface area contributed by atoms with E-state index in [-0.39, 0.29) is 29.5 Å². The van der Waals surface area contributed by atoms with Crippen molar-refractivity contribution in [2.75, 3.05) is 11.9 Å². The fraction of sp³-hybridized carbons (Fsp3) is 0.226. The lowest BCUT2D eigenvalue weighted by atomic mass is 10.1. The van der Waals surface area contributed by atoms with E-state index in [4.69, 9.17) is 0 Å². The number of allylic oxidation sites excluding steroid dienone is 1. The maximum atomic E-state index is 13.4. The number of hydrogen-bond donors (Lipinski definition) is 0. The topological polar surface area (TPSA) is 29.1 Å². The summed E-state index contributed by atoms with van der Waals surface area (Å²) in [7, 11) is 2.10. The van der Waals surface area contributed by atoms with Gasteiger partial charge in [-0.05, 0) is 74.6 Å². The van der Waals surface area contributed by atoms with Crippen LogP contribution in [0.3, 0.4) is 0 Å². The quantitative estimate of drug-likeness (QED) is 0.216. The number of fused-ring (bicyclic) bond motifs is 4. The Morgan fingerprint density at radius 1 is 0.974 bits per heavy atom. The Balaban J connectivity index is 0.00000308. The van der Waals surface area contributed by atoms with Crippen LogP contribution in [0.5, 0.6) is 0 Å². The van der Waals surface area contributed by atoms with Gasteiger partial charge >= 0.3 is 0 Å². The highest BCUT2D eigenvalue weighted by Crippen LogP contribution is 2.46. The van der Waals surface area contributed by atoms with Gasteiger partial charge in [0, 0.05) is 29.9 Å². The number of nitrogens with zero attached hydrogens (tertiary/aromatic N) is 3. The molecule has 0 spiro atoms. The van der Waals surface area contributed by atoms with Gasteiger partial charge in [-0.1, -0.05) is 47.4 Å². The molecule has 0 bridgehead atoms. The zero-order chi connectivity index (χ0) is 26.6. The van der Waals surface area contributed by atoms with E-state index in [9.17, 15) is 4.79 Å². The molecule has 39 heavy (non-hydrogen) atoms. The van der Waals surface area contributed by atoms with Gasteiger partial charge in [0.1, 0.15) is 15.9 Å². The minimum Gasteiger partial charge on any atom is -1.00 e. The van der Waals surface area contributed by atoms with Crippen LogP contribution in [0.15, 0.2) is 69.3 Å². The van der Waals surface area contributed by atoms with E-state index < -0.39 is 0 Å². The number of thioether (sulfide) groups is 1. The van der Waals surface area contributed by atoms with Crippen LogP contribution in [0.4, 0.5) is 5.69 Å². The summed E-state index contributed by atoms with van der Waals surface area (Å²) in [6, 6.07) is 17.5. The molecule has 6 rings (SSSR count). The highest BCUT2D eigenvalue weighted by Gasteiger charge is 2.23. The van der Waals surface area contributed by atoms with Crippen molar-refractivity contribution in [3.8, 4) is 0 Å². The van der Waals surface area contributed by atoms with Crippen molar-refractivity contribution in [3.63, 3.8) is 0 Å². The molecule has 0 N–H and O–H groups in total. The van der Waals surface area contributed by atoms with Gasteiger partial charge < -0.3 is 28.9 Å². The van der Waals surface area contributed by atoms with Crippen LogP contribution in [0.2, 0.25) is 0 Å². The Morgan fingerprint density at radius 3 is 2.51 bits per heavy atom. The molecule has 3 heterocycles. The zero-order valence-electron chi connectivity index (χ0n) is 22.6. The van der Waals surface area contributed by atoms with E-state index >= 15 is 0 Å². The molecule has 0 fully saturated rings. The number of thiazole rings is 2. The number of aromatic nitrogens is 2. The summed E-state index contributed by atoms with van der Waals surface area (Å²) < 4.78 is 7.29. The molecule has 0 radical (unpaired) electrons. The van der Waals surface area contributed by atoms with Crippen LogP contribution in [0, 0.1) is 13.8 Å². The SMILES string of the molecule is CCn1c(=Cc2sc3c4ccccc4ccc3[n+]2CC)sc(=CC=C2Sc3cc(C)c(C)cc3N2C)c1=O.[I-]. The molecule has 0 saturated carbocycles. The maximum Gasteiger partial charge on any atom is 0.269 e. The van der Waals surface area contributed by atoms with Gasteiger partial charge in [0.15, 0.2) is 0 Å². The number of aryl methyl sites for hydroxylation is 3. The molecule has 0 saturated heterocycles. The third kappa shape index (κ3) is 4.90. The fourth-order valence-corrected chi connectivity index (χ4v) is 8.59. The third-order valence-electron chi connectivity index (χ3n) is 7.30. The van der Waals surface area contributed by atoms with Crippen molar-refractivity contribution in [3.05, 3.63) is 95.3 Å². The summed E-state index contributed by atoms with van der Waals surface area (Å²) in [6.07, 6.45) is 6.28. The van der Waals surface area contributed by atoms with Gasteiger partial charge in [-0.15, -0.1) is 11.3 Å². The molecule has 5 aromatic rings. The first-order valence-corrected chi connectivity index (χ1v) is 15.3. The standard InChI is InChI=1S/C31H30N3OS3.HI/c1-6-33-23-13-12-21-10-8-9-11-22(21)30(23)38-28(33)18-29-34(7-2)31(35)25(36-29)14-15-27-32(5)24-16-19(3)20(4)17-26(24)37-27;/h8-18H,6-7H2,1-5H3;1H/q+1;/p-1. The molecule has 1 aliphatic rings. The fourth-order valence-electron chi connectivity index (χ4n) is 5.04. The second-order valence-electron chi connectivity index (χ2n) is 9.55. The summed E-state index contributed by atoms with van der Waals surface area (Å²) >= 11 is 5.14. The van der Waals surface area contributed by atoms with Gasteiger partial charge in [0.2, 0.25) is 5.52 Å². The number of benzene rings is 3. The second-order valence-corrected chi connectivity index (χ2v) is 12.7. The Morgan fingerprint density at radius 2 is 1.74 bits per heavy atom. The Hall–Kier alpha value is -2.40. The Labute approximate surface area is 257 Å². The number of halogens is 1. The predicted molar refractivity (Wildman–Crippen MR) is 165 cm³/mol. The van der Waals surface area contributed by atoms with Crippen LogP contribution >= 0.6 is 34.4 Å². The average Bonchev–Trinajstić information content (AvgIpc) is 3.53. The second kappa shape index (κ2) is 11.2. The van der Waals surface area contributed by atoms with Crippen molar-refractivity contribution >= 4 is 73.3 Å². The van der Waals surface area contributed by atoms with E-state index in [1.807, 2.05) is 17.6 Å². The minimum absolute atomic E-state index is 0. The Kier molecular flexibility index (Phi) is 8.10. The molecule has 0 aliphatic carbocycles. The smallest absolute Gasteiger partial charge is 0.269 e. The largest absolute Gasteiger partial charge is 1.00 e. The maximum absolute atomic E-state index is 13.4. The first-order valence-electron chi connectivity index (χ1n) is 12.9. The molecule has 1 aliphatic heterocycles. The normalized spacial score (nSPS) is 15.1. The van der Waals surface area contributed by atoms with Gasteiger partial charge in [0.25, 0.3) is 10.6 Å². The summed E-state index contributed by atoms with van der Waals surface area (Å²) in [4.78, 5) is 16.9. The first kappa shape index (κ1) is 28.1. The summed E-state index contributed by atoms with van der Waals surface area (Å²) in [5, 5.41) is 4.83. The molecule has 0 atom stereocenters. The summed E-state index contributed by atoms with van der Waals surface area (Å²) in [5.74, 6) is 0. The van der Waals surface area contributed by atoms with Gasteiger partial charge in [0.05, 0.1) is 21.3 Å². The summed E-state index contributed by atoms with van der Waals surface area (Å²) in [6.45, 7) is 10.1. The molecule has 200 valence electrons. The van der Waals surface area contributed by atoms with E-state index in [0.717, 1.165) is 20.8 Å². The highest BCUT2D eigenvalue weighted by atomic mass is 127.